The van der Waals surface area contributed by atoms with E-state index >= 15 is 0 Å². The molecule has 1 aromatic rings. The number of unbranched alkanes of at least 4 members (excludes halogenated alkanes) is 1. The van der Waals surface area contributed by atoms with Gasteiger partial charge in [0.25, 0.3) is 0 Å². The summed E-state index contributed by atoms with van der Waals surface area (Å²) < 4.78 is 5.47. The van der Waals surface area contributed by atoms with Crippen LogP contribution >= 0.6 is 0 Å². The lowest BCUT2D eigenvalue weighted by Gasteiger charge is -2.26. The standard InChI is InChI=1S/C26H36N4O.C4H10/c1-3-4-7-21(19(14-27)16-30-20-12-13-31-17-20)22-8-5-6-9-23(22)26-18(2)10-11-25(29)24(26)15-28;1-4(2)3/h7,10-11,14-16,20,28H,3-6,8-9,12-13,17,27,29H2,1-2H3;4H,1-3H3/b19-14+,21-7+,28-15?,30-16?;. The van der Waals surface area contributed by atoms with E-state index in [-0.39, 0.29) is 6.04 Å². The molecule has 1 saturated heterocycles. The Morgan fingerprint density at radius 3 is 2.54 bits per heavy atom. The zero-order valence-electron chi connectivity index (χ0n) is 22.5. The molecule has 3 rings (SSSR count). The fourth-order valence-corrected chi connectivity index (χ4v) is 4.51. The summed E-state index contributed by atoms with van der Waals surface area (Å²) in [6.45, 7) is 12.3. The molecule has 1 aromatic carbocycles. The number of anilines is 1. The van der Waals surface area contributed by atoms with E-state index in [1.807, 2.05) is 12.3 Å². The summed E-state index contributed by atoms with van der Waals surface area (Å²) in [5.74, 6) is 0.833. The minimum atomic E-state index is 0.211. The molecule has 5 nitrogen and oxygen atoms in total. The number of aryl methyl sites for hydroxylation is 1. The Balaban J connectivity index is 0.00000100. The average Bonchev–Trinajstić information content (AvgIpc) is 3.36. The number of hydrogen-bond donors (Lipinski definition) is 3. The van der Waals surface area contributed by atoms with Crippen molar-refractivity contribution in [3.05, 3.63) is 57.8 Å². The molecule has 0 aromatic heterocycles. The Kier molecular flexibility index (Phi) is 12.0. The van der Waals surface area contributed by atoms with Crippen molar-refractivity contribution in [3.8, 4) is 0 Å². The molecule has 1 fully saturated rings. The van der Waals surface area contributed by atoms with Crippen LogP contribution in [-0.4, -0.2) is 31.7 Å². The Labute approximate surface area is 212 Å². The number of nitrogen functional groups attached to an aromatic ring is 1. The summed E-state index contributed by atoms with van der Waals surface area (Å²) in [6.07, 6.45) is 14.6. The summed E-state index contributed by atoms with van der Waals surface area (Å²) in [6, 6.07) is 4.17. The largest absolute Gasteiger partial charge is 0.404 e. The fourth-order valence-electron chi connectivity index (χ4n) is 4.51. The molecule has 0 amide bonds. The van der Waals surface area contributed by atoms with E-state index in [1.165, 1.54) is 22.9 Å². The zero-order valence-corrected chi connectivity index (χ0v) is 22.5. The summed E-state index contributed by atoms with van der Waals surface area (Å²) >= 11 is 0. The van der Waals surface area contributed by atoms with E-state index in [2.05, 4.69) is 46.8 Å². The highest BCUT2D eigenvalue weighted by molar-refractivity contribution is 5.96. The fraction of sp³-hybridized carbons (Fsp3) is 0.533. The summed E-state index contributed by atoms with van der Waals surface area (Å²) in [4.78, 5) is 4.76. The van der Waals surface area contributed by atoms with Gasteiger partial charge in [0.2, 0.25) is 0 Å². The van der Waals surface area contributed by atoms with Gasteiger partial charge in [-0.3, -0.25) is 4.99 Å². The molecular formula is C30H46N4O. The predicted octanol–water partition coefficient (Wildman–Crippen LogP) is 6.99. The number of allylic oxidation sites excluding steroid dienone is 5. The summed E-state index contributed by atoms with van der Waals surface area (Å²) in [7, 11) is 0. The van der Waals surface area contributed by atoms with Gasteiger partial charge in [-0.25, -0.2) is 0 Å². The molecule has 5 heteroatoms. The first-order chi connectivity index (χ1) is 16.8. The highest BCUT2D eigenvalue weighted by atomic mass is 16.5. The number of nitrogens with one attached hydrogen (secondary N) is 1. The van der Waals surface area contributed by atoms with Crippen LogP contribution in [0, 0.1) is 18.3 Å². The molecule has 0 saturated carbocycles. The molecule has 0 radical (unpaired) electrons. The highest BCUT2D eigenvalue weighted by Crippen LogP contribution is 2.41. The van der Waals surface area contributed by atoms with Crippen molar-refractivity contribution in [2.24, 2.45) is 16.6 Å². The van der Waals surface area contributed by atoms with Crippen LogP contribution in [0.1, 0.15) is 89.3 Å². The molecule has 0 spiro atoms. The van der Waals surface area contributed by atoms with E-state index in [0.717, 1.165) is 79.7 Å². The molecule has 0 bridgehead atoms. The van der Waals surface area contributed by atoms with Crippen molar-refractivity contribution in [3.63, 3.8) is 0 Å². The third-order valence-electron chi connectivity index (χ3n) is 6.18. The lowest BCUT2D eigenvalue weighted by molar-refractivity contribution is 0.194. The van der Waals surface area contributed by atoms with Crippen LogP contribution in [0.4, 0.5) is 5.69 Å². The second kappa shape index (κ2) is 14.7. The zero-order chi connectivity index (χ0) is 25.8. The van der Waals surface area contributed by atoms with E-state index < -0.39 is 0 Å². The first-order valence-electron chi connectivity index (χ1n) is 13.2. The van der Waals surface area contributed by atoms with Crippen LogP contribution in [-0.2, 0) is 4.74 Å². The lowest BCUT2D eigenvalue weighted by Crippen LogP contribution is -2.11. The van der Waals surface area contributed by atoms with E-state index in [4.69, 9.17) is 26.6 Å². The summed E-state index contributed by atoms with van der Waals surface area (Å²) in [5.41, 5.74) is 20.9. The van der Waals surface area contributed by atoms with Crippen LogP contribution in [0.25, 0.3) is 5.57 Å². The second-order valence-corrected chi connectivity index (χ2v) is 10.1. The molecule has 5 N–H and O–H groups in total. The predicted molar refractivity (Wildman–Crippen MR) is 152 cm³/mol. The molecule has 1 aliphatic carbocycles. The molecule has 192 valence electrons. The second-order valence-electron chi connectivity index (χ2n) is 10.1. The third-order valence-corrected chi connectivity index (χ3v) is 6.18. The van der Waals surface area contributed by atoms with Crippen LogP contribution in [0.15, 0.2) is 46.1 Å². The molecule has 35 heavy (non-hydrogen) atoms. The van der Waals surface area contributed by atoms with Crippen LogP contribution < -0.4 is 11.5 Å². The maximum atomic E-state index is 8.00. The van der Waals surface area contributed by atoms with Gasteiger partial charge in [-0.15, -0.1) is 0 Å². The van der Waals surface area contributed by atoms with Gasteiger partial charge in [-0.1, -0.05) is 46.3 Å². The molecule has 1 aliphatic heterocycles. The van der Waals surface area contributed by atoms with Crippen LogP contribution in [0.3, 0.4) is 0 Å². The quantitative estimate of drug-likeness (QED) is 0.213. The minimum Gasteiger partial charge on any atom is -0.404 e. The van der Waals surface area contributed by atoms with Crippen molar-refractivity contribution < 1.29 is 4.74 Å². The monoisotopic (exact) mass is 478 g/mol. The number of benzene rings is 1. The van der Waals surface area contributed by atoms with Crippen molar-refractivity contribution >= 4 is 23.7 Å². The maximum absolute atomic E-state index is 8.00. The Hall–Kier alpha value is -2.66. The van der Waals surface area contributed by atoms with Gasteiger partial charge in [-0.05, 0) is 85.3 Å². The SMILES string of the molecule is CC(C)C.CCC/C=C(C1=C(c2c(C)ccc(N)c2C=N)CCCC1)\C(C=NC1CCOC1)=C\N. The maximum Gasteiger partial charge on any atom is 0.0755 e. The Morgan fingerprint density at radius 1 is 1.23 bits per heavy atom. The van der Waals surface area contributed by atoms with Crippen molar-refractivity contribution in [2.45, 2.75) is 85.6 Å². The molecular weight excluding hydrogens is 432 g/mol. The lowest BCUT2D eigenvalue weighted by atomic mass is 9.79. The van der Waals surface area contributed by atoms with Gasteiger partial charge in [0, 0.05) is 42.1 Å². The number of nitrogens with two attached hydrogens (primary N) is 2. The molecule has 2 aliphatic rings. The average molecular weight is 479 g/mol. The van der Waals surface area contributed by atoms with Gasteiger partial charge < -0.3 is 21.6 Å². The Morgan fingerprint density at radius 2 is 1.94 bits per heavy atom. The number of nitrogens with zero attached hydrogens (tertiary/aromatic N) is 1. The van der Waals surface area contributed by atoms with Gasteiger partial charge in [0.05, 0.1) is 12.6 Å². The number of hydrogen-bond acceptors (Lipinski definition) is 5. The van der Waals surface area contributed by atoms with Gasteiger partial charge >= 0.3 is 0 Å². The van der Waals surface area contributed by atoms with Crippen molar-refractivity contribution in [1.82, 2.24) is 0 Å². The summed E-state index contributed by atoms with van der Waals surface area (Å²) in [5, 5.41) is 8.00. The van der Waals surface area contributed by atoms with E-state index in [1.54, 1.807) is 6.20 Å². The first-order valence-corrected chi connectivity index (χ1v) is 13.2. The molecule has 1 unspecified atom stereocenters. The van der Waals surface area contributed by atoms with Gasteiger partial charge in [-0.2, -0.15) is 0 Å². The number of ether oxygens (including phenoxy) is 1. The number of aliphatic imine (C=N–C) groups is 1. The first kappa shape index (κ1) is 28.6. The van der Waals surface area contributed by atoms with E-state index in [9.17, 15) is 0 Å². The van der Waals surface area contributed by atoms with Gasteiger partial charge in [0.1, 0.15) is 0 Å². The smallest absolute Gasteiger partial charge is 0.0755 e. The van der Waals surface area contributed by atoms with Crippen LogP contribution in [0.5, 0.6) is 0 Å². The van der Waals surface area contributed by atoms with E-state index in [0.29, 0.717) is 12.3 Å². The Bertz CT molecular complexity index is 960. The molecule has 1 heterocycles. The normalized spacial score (nSPS) is 19.3. The van der Waals surface area contributed by atoms with Crippen molar-refractivity contribution in [2.75, 3.05) is 18.9 Å². The highest BCUT2D eigenvalue weighted by Gasteiger charge is 2.23. The van der Waals surface area contributed by atoms with Crippen LogP contribution in [0.2, 0.25) is 0 Å². The number of rotatable bonds is 8. The van der Waals surface area contributed by atoms with Gasteiger partial charge in [0.15, 0.2) is 0 Å². The minimum absolute atomic E-state index is 0.211. The third kappa shape index (κ3) is 8.21. The van der Waals surface area contributed by atoms with Crippen molar-refractivity contribution in [1.29, 1.82) is 5.41 Å². The molecule has 1 atom stereocenters. The topological polar surface area (TPSA) is 97.5 Å².